The van der Waals surface area contributed by atoms with E-state index < -0.39 is 23.3 Å². The molecule has 0 atom stereocenters. The molecule has 0 bridgehead atoms. The van der Waals surface area contributed by atoms with Crippen molar-refractivity contribution in [2.45, 2.75) is 13.1 Å². The highest BCUT2D eigenvalue weighted by Crippen LogP contribution is 2.34. The number of amides is 1. The maximum atomic E-state index is 13.6. The highest BCUT2D eigenvalue weighted by molar-refractivity contribution is 6.30. The van der Waals surface area contributed by atoms with Crippen LogP contribution in [-0.4, -0.2) is 15.7 Å². The van der Waals surface area contributed by atoms with Gasteiger partial charge in [0.15, 0.2) is 5.69 Å². The number of hydrogen-bond donors (Lipinski definition) is 1. The lowest BCUT2D eigenvalue weighted by Gasteiger charge is -2.13. The summed E-state index contributed by atoms with van der Waals surface area (Å²) in [6.07, 6.45) is -3.86. The van der Waals surface area contributed by atoms with E-state index >= 15 is 0 Å². The number of para-hydroxylation sites is 1. The fourth-order valence-electron chi connectivity index (χ4n) is 2.47. The Bertz CT molecular complexity index is 949. The number of carbonyl (C=O) groups excluding carboxylic acids is 1. The molecular weight excluding hydrogens is 367 g/mol. The van der Waals surface area contributed by atoms with Gasteiger partial charge in [-0.2, -0.15) is 18.3 Å². The lowest BCUT2D eigenvalue weighted by Crippen LogP contribution is -2.21. The zero-order valence-corrected chi connectivity index (χ0v) is 14.3. The van der Waals surface area contributed by atoms with Crippen LogP contribution in [0.4, 0.5) is 18.9 Å². The van der Waals surface area contributed by atoms with Gasteiger partial charge in [0.05, 0.1) is 17.4 Å². The molecule has 1 amide bonds. The average molecular weight is 380 g/mol. The van der Waals surface area contributed by atoms with Crippen molar-refractivity contribution in [1.82, 2.24) is 9.78 Å². The number of nitrogens with one attached hydrogen (secondary N) is 1. The third-order valence-electron chi connectivity index (χ3n) is 3.75. The number of halogens is 4. The third-order valence-corrected chi connectivity index (χ3v) is 4.00. The Morgan fingerprint density at radius 2 is 1.77 bits per heavy atom. The highest BCUT2D eigenvalue weighted by atomic mass is 35.5. The summed E-state index contributed by atoms with van der Waals surface area (Å²) < 4.78 is 41.5. The van der Waals surface area contributed by atoms with Crippen LogP contribution in [-0.2, 0) is 6.18 Å². The third kappa shape index (κ3) is 3.57. The molecule has 0 aliphatic heterocycles. The molecule has 134 valence electrons. The SMILES string of the molecule is Cc1ccccc1NC(=O)c1cnn(-c2ccc(Cl)cc2)c1C(F)(F)F. The lowest BCUT2D eigenvalue weighted by atomic mass is 10.1. The number of benzene rings is 2. The molecule has 1 N–H and O–H groups in total. The van der Waals surface area contributed by atoms with Crippen molar-refractivity contribution in [1.29, 1.82) is 0 Å². The first kappa shape index (κ1) is 18.0. The molecule has 0 spiro atoms. The molecule has 3 aromatic rings. The van der Waals surface area contributed by atoms with Gasteiger partial charge in [-0.25, -0.2) is 4.68 Å². The molecule has 2 aromatic carbocycles. The predicted octanol–water partition coefficient (Wildman–Crippen LogP) is 5.11. The van der Waals surface area contributed by atoms with Crippen molar-refractivity contribution < 1.29 is 18.0 Å². The van der Waals surface area contributed by atoms with E-state index in [1.54, 1.807) is 31.2 Å². The second-order valence-electron chi connectivity index (χ2n) is 5.56. The Hall–Kier alpha value is -2.80. The van der Waals surface area contributed by atoms with Crippen molar-refractivity contribution in [3.8, 4) is 5.69 Å². The monoisotopic (exact) mass is 379 g/mol. The molecule has 1 aromatic heterocycles. The molecule has 0 radical (unpaired) electrons. The zero-order valence-electron chi connectivity index (χ0n) is 13.5. The lowest BCUT2D eigenvalue weighted by molar-refractivity contribution is -0.143. The Kier molecular flexibility index (Phi) is 4.73. The number of nitrogens with zero attached hydrogens (tertiary/aromatic N) is 2. The molecule has 0 saturated carbocycles. The molecule has 26 heavy (non-hydrogen) atoms. The average Bonchev–Trinajstić information content (AvgIpc) is 3.03. The maximum absolute atomic E-state index is 13.6. The summed E-state index contributed by atoms with van der Waals surface area (Å²) in [6, 6.07) is 12.5. The molecule has 0 saturated heterocycles. The van der Waals surface area contributed by atoms with Crippen molar-refractivity contribution in [3.05, 3.63) is 76.6 Å². The molecule has 3 rings (SSSR count). The highest BCUT2D eigenvalue weighted by Gasteiger charge is 2.40. The van der Waals surface area contributed by atoms with Crippen LogP contribution < -0.4 is 5.32 Å². The van der Waals surface area contributed by atoms with Crippen LogP contribution in [0.1, 0.15) is 21.6 Å². The molecule has 0 aliphatic carbocycles. The van der Waals surface area contributed by atoms with Crippen LogP contribution in [0.2, 0.25) is 5.02 Å². The number of carbonyl (C=O) groups is 1. The van der Waals surface area contributed by atoms with E-state index in [1.807, 2.05) is 0 Å². The largest absolute Gasteiger partial charge is 0.434 e. The van der Waals surface area contributed by atoms with Gasteiger partial charge in [-0.3, -0.25) is 4.79 Å². The summed E-state index contributed by atoms with van der Waals surface area (Å²) in [5.74, 6) is -0.883. The minimum absolute atomic E-state index is 0.150. The van der Waals surface area contributed by atoms with E-state index in [2.05, 4.69) is 10.4 Å². The smallest absolute Gasteiger partial charge is 0.322 e. The fourth-order valence-corrected chi connectivity index (χ4v) is 2.59. The van der Waals surface area contributed by atoms with Gasteiger partial charge in [0.1, 0.15) is 0 Å². The van der Waals surface area contributed by atoms with Crippen LogP contribution in [0.3, 0.4) is 0 Å². The van der Waals surface area contributed by atoms with Gasteiger partial charge < -0.3 is 5.32 Å². The Labute approximate surface area is 152 Å². The van der Waals surface area contributed by atoms with Gasteiger partial charge in [-0.05, 0) is 42.8 Å². The van der Waals surface area contributed by atoms with Gasteiger partial charge in [0, 0.05) is 10.7 Å². The quantitative estimate of drug-likeness (QED) is 0.687. The van der Waals surface area contributed by atoms with Crippen molar-refractivity contribution in [2.24, 2.45) is 0 Å². The van der Waals surface area contributed by atoms with E-state index in [4.69, 9.17) is 11.6 Å². The van der Waals surface area contributed by atoms with Crippen LogP contribution >= 0.6 is 11.6 Å². The summed E-state index contributed by atoms with van der Waals surface area (Å²) in [5, 5.41) is 6.64. The topological polar surface area (TPSA) is 46.9 Å². The minimum Gasteiger partial charge on any atom is -0.322 e. The first-order valence-corrected chi connectivity index (χ1v) is 7.93. The van der Waals surface area contributed by atoms with Crippen LogP contribution in [0.25, 0.3) is 5.69 Å². The van der Waals surface area contributed by atoms with Gasteiger partial charge in [-0.15, -0.1) is 0 Å². The Morgan fingerprint density at radius 3 is 2.38 bits per heavy atom. The molecule has 0 unspecified atom stereocenters. The van der Waals surface area contributed by atoms with Crippen LogP contribution in [0.5, 0.6) is 0 Å². The zero-order chi connectivity index (χ0) is 18.9. The summed E-state index contributed by atoms with van der Waals surface area (Å²) in [7, 11) is 0. The second kappa shape index (κ2) is 6.84. The summed E-state index contributed by atoms with van der Waals surface area (Å²) in [4.78, 5) is 12.4. The van der Waals surface area contributed by atoms with Crippen molar-refractivity contribution in [3.63, 3.8) is 0 Å². The molecule has 0 aliphatic rings. The molecule has 8 heteroatoms. The second-order valence-corrected chi connectivity index (χ2v) is 6.00. The van der Waals surface area contributed by atoms with E-state index in [-0.39, 0.29) is 5.69 Å². The number of aromatic nitrogens is 2. The number of alkyl halides is 3. The number of hydrogen-bond acceptors (Lipinski definition) is 2. The first-order valence-electron chi connectivity index (χ1n) is 7.55. The van der Waals surface area contributed by atoms with Gasteiger partial charge in [-0.1, -0.05) is 29.8 Å². The normalized spacial score (nSPS) is 11.4. The molecule has 1 heterocycles. The standard InChI is InChI=1S/C18H13ClF3N3O/c1-11-4-2-3-5-15(11)24-17(26)14-10-23-25(16(14)18(20,21)22)13-8-6-12(19)7-9-13/h2-10H,1H3,(H,24,26). The number of aryl methyl sites for hydroxylation is 1. The van der Waals surface area contributed by atoms with Gasteiger partial charge in [0.25, 0.3) is 5.91 Å². The minimum atomic E-state index is -4.77. The summed E-state index contributed by atoms with van der Waals surface area (Å²) in [5.41, 5.74) is -0.386. The predicted molar refractivity (Wildman–Crippen MR) is 92.7 cm³/mol. The van der Waals surface area contributed by atoms with E-state index in [9.17, 15) is 18.0 Å². The maximum Gasteiger partial charge on any atom is 0.434 e. The Morgan fingerprint density at radius 1 is 1.12 bits per heavy atom. The Balaban J connectivity index is 2.04. The van der Waals surface area contributed by atoms with E-state index in [0.717, 1.165) is 11.8 Å². The summed E-state index contributed by atoms with van der Waals surface area (Å²) in [6.45, 7) is 1.75. The van der Waals surface area contributed by atoms with Crippen LogP contribution in [0.15, 0.2) is 54.7 Å². The van der Waals surface area contributed by atoms with Crippen molar-refractivity contribution >= 4 is 23.2 Å². The van der Waals surface area contributed by atoms with E-state index in [1.165, 1.54) is 24.3 Å². The molecular formula is C18H13ClF3N3O. The first-order chi connectivity index (χ1) is 12.3. The van der Waals surface area contributed by atoms with Crippen molar-refractivity contribution in [2.75, 3.05) is 5.32 Å². The fraction of sp³-hybridized carbons (Fsp3) is 0.111. The molecule has 0 fully saturated rings. The summed E-state index contributed by atoms with van der Waals surface area (Å²) >= 11 is 5.77. The van der Waals surface area contributed by atoms with Crippen LogP contribution in [0, 0.1) is 6.92 Å². The van der Waals surface area contributed by atoms with E-state index in [0.29, 0.717) is 15.4 Å². The number of anilines is 1. The molecule has 4 nitrogen and oxygen atoms in total. The van der Waals surface area contributed by atoms with Gasteiger partial charge >= 0.3 is 6.18 Å². The number of rotatable bonds is 3. The van der Waals surface area contributed by atoms with Gasteiger partial charge in [0.2, 0.25) is 0 Å².